The normalized spacial score (nSPS) is 10.6. The third kappa shape index (κ3) is 3.65. The quantitative estimate of drug-likeness (QED) is 0.504. The maximum Gasteiger partial charge on any atom is 0.274 e. The van der Waals surface area contributed by atoms with Crippen LogP contribution in [0.15, 0.2) is 71.3 Å². The topological polar surface area (TPSA) is 78.5 Å². The number of nitrogens with one attached hydrogen (secondary N) is 1. The van der Waals surface area contributed by atoms with E-state index in [9.17, 15) is 4.79 Å². The molecule has 0 aliphatic carbocycles. The Morgan fingerprint density at radius 2 is 1.73 bits per heavy atom. The first-order chi connectivity index (χ1) is 14.6. The van der Waals surface area contributed by atoms with Crippen LogP contribution in [0.2, 0.25) is 0 Å². The largest absolute Gasteiger partial charge is 0.493 e. The molecule has 2 aromatic heterocycles. The number of benzene rings is 2. The molecular formula is C23H21N3O4. The number of nitrogens with zero attached hydrogens (tertiary/aromatic N) is 2. The molecule has 7 heteroatoms. The van der Waals surface area contributed by atoms with Crippen molar-refractivity contribution in [1.82, 2.24) is 9.78 Å². The fourth-order valence-corrected chi connectivity index (χ4v) is 3.16. The van der Waals surface area contributed by atoms with Crippen molar-refractivity contribution >= 4 is 11.6 Å². The van der Waals surface area contributed by atoms with Gasteiger partial charge in [-0.1, -0.05) is 18.2 Å². The van der Waals surface area contributed by atoms with Crippen LogP contribution >= 0.6 is 0 Å². The number of rotatable bonds is 6. The summed E-state index contributed by atoms with van der Waals surface area (Å²) in [6.45, 7) is 1.89. The number of carbonyl (C=O) groups is 1. The molecule has 7 nitrogen and oxygen atoms in total. The zero-order chi connectivity index (χ0) is 21.1. The van der Waals surface area contributed by atoms with E-state index in [2.05, 4.69) is 10.4 Å². The predicted octanol–water partition coefficient (Wildman–Crippen LogP) is 4.71. The van der Waals surface area contributed by atoms with Crippen LogP contribution in [0.25, 0.3) is 17.1 Å². The van der Waals surface area contributed by atoms with Gasteiger partial charge >= 0.3 is 0 Å². The summed E-state index contributed by atoms with van der Waals surface area (Å²) in [5, 5.41) is 7.54. The molecule has 0 saturated heterocycles. The van der Waals surface area contributed by atoms with Gasteiger partial charge in [-0.15, -0.1) is 0 Å². The number of carbonyl (C=O) groups excluding carboxylic acids is 1. The minimum atomic E-state index is -0.306. The third-order valence-electron chi connectivity index (χ3n) is 4.70. The summed E-state index contributed by atoms with van der Waals surface area (Å²) < 4.78 is 17.7. The molecule has 152 valence electrons. The Bertz CT molecular complexity index is 1160. The number of aromatic nitrogens is 2. The molecular weight excluding hydrogens is 382 g/mol. The molecule has 0 aliphatic heterocycles. The smallest absolute Gasteiger partial charge is 0.274 e. The van der Waals surface area contributed by atoms with E-state index in [4.69, 9.17) is 13.9 Å². The van der Waals surface area contributed by atoms with E-state index in [0.29, 0.717) is 34.3 Å². The molecule has 0 bridgehead atoms. The van der Waals surface area contributed by atoms with E-state index >= 15 is 0 Å². The summed E-state index contributed by atoms with van der Waals surface area (Å²) in [4.78, 5) is 13.2. The van der Waals surface area contributed by atoms with Crippen molar-refractivity contribution in [2.45, 2.75) is 6.92 Å². The second-order valence-corrected chi connectivity index (χ2v) is 6.62. The van der Waals surface area contributed by atoms with Gasteiger partial charge in [0.25, 0.3) is 5.91 Å². The van der Waals surface area contributed by atoms with Gasteiger partial charge in [0.2, 0.25) is 0 Å². The van der Waals surface area contributed by atoms with Crippen LogP contribution in [0.3, 0.4) is 0 Å². The van der Waals surface area contributed by atoms with E-state index in [1.54, 1.807) is 49.4 Å². The number of hydrogen-bond donors (Lipinski definition) is 1. The van der Waals surface area contributed by atoms with E-state index in [0.717, 1.165) is 11.3 Å². The lowest BCUT2D eigenvalue weighted by Crippen LogP contribution is -2.17. The van der Waals surface area contributed by atoms with Gasteiger partial charge < -0.3 is 19.2 Å². The third-order valence-corrected chi connectivity index (χ3v) is 4.70. The lowest BCUT2D eigenvalue weighted by Gasteiger charge is -2.14. The Balaban J connectivity index is 1.74. The van der Waals surface area contributed by atoms with E-state index in [1.807, 2.05) is 43.3 Å². The highest BCUT2D eigenvalue weighted by molar-refractivity contribution is 6.04. The van der Waals surface area contributed by atoms with Crippen molar-refractivity contribution in [1.29, 1.82) is 0 Å². The fourth-order valence-electron chi connectivity index (χ4n) is 3.16. The fraction of sp³-hybridized carbons (Fsp3) is 0.130. The second-order valence-electron chi connectivity index (χ2n) is 6.62. The molecule has 0 fully saturated rings. The first-order valence-electron chi connectivity index (χ1n) is 9.34. The maximum absolute atomic E-state index is 13.2. The molecule has 0 atom stereocenters. The average Bonchev–Trinajstić information content (AvgIpc) is 3.45. The van der Waals surface area contributed by atoms with Crippen molar-refractivity contribution in [2.24, 2.45) is 0 Å². The highest BCUT2D eigenvalue weighted by Gasteiger charge is 2.20. The first kappa shape index (κ1) is 19.3. The molecule has 30 heavy (non-hydrogen) atoms. The molecule has 0 radical (unpaired) electrons. The van der Waals surface area contributed by atoms with Gasteiger partial charge in [0.1, 0.15) is 11.4 Å². The number of ether oxygens (including phenoxy) is 2. The lowest BCUT2D eigenvalue weighted by molar-refractivity contribution is 0.101. The van der Waals surface area contributed by atoms with Crippen LogP contribution in [0.4, 0.5) is 5.69 Å². The summed E-state index contributed by atoms with van der Waals surface area (Å²) in [6, 6.07) is 18.3. The van der Waals surface area contributed by atoms with Gasteiger partial charge in [0.15, 0.2) is 17.3 Å². The summed E-state index contributed by atoms with van der Waals surface area (Å²) in [5.41, 5.74) is 3.18. The maximum atomic E-state index is 13.2. The average molecular weight is 403 g/mol. The molecule has 1 amide bonds. The van der Waals surface area contributed by atoms with Gasteiger partial charge in [-0.25, -0.2) is 4.68 Å². The molecule has 0 saturated carbocycles. The number of hydrogen-bond acceptors (Lipinski definition) is 5. The molecule has 0 spiro atoms. The van der Waals surface area contributed by atoms with Crippen LogP contribution in [0.1, 0.15) is 16.1 Å². The molecule has 4 aromatic rings. The van der Waals surface area contributed by atoms with Gasteiger partial charge in [0.05, 0.1) is 26.2 Å². The Morgan fingerprint density at radius 1 is 1.00 bits per heavy atom. The Labute approximate surface area is 173 Å². The first-order valence-corrected chi connectivity index (χ1v) is 9.34. The van der Waals surface area contributed by atoms with Crippen molar-refractivity contribution in [2.75, 3.05) is 19.5 Å². The van der Waals surface area contributed by atoms with Crippen molar-refractivity contribution < 1.29 is 18.7 Å². The molecule has 4 rings (SSSR count). The minimum absolute atomic E-state index is 0.306. The van der Waals surface area contributed by atoms with Crippen LogP contribution in [0.5, 0.6) is 11.5 Å². The van der Waals surface area contributed by atoms with Crippen LogP contribution in [-0.2, 0) is 0 Å². The molecule has 2 heterocycles. The summed E-state index contributed by atoms with van der Waals surface area (Å²) in [6.07, 6.45) is 1.57. The molecule has 1 N–H and O–H groups in total. The molecule has 2 aromatic carbocycles. The number of anilines is 1. The zero-order valence-electron chi connectivity index (χ0n) is 16.9. The van der Waals surface area contributed by atoms with Gasteiger partial charge in [-0.2, -0.15) is 5.10 Å². The Hall–Kier alpha value is -4.00. The Kier molecular flexibility index (Phi) is 5.26. The van der Waals surface area contributed by atoms with Crippen molar-refractivity contribution in [3.8, 4) is 28.6 Å². The van der Waals surface area contributed by atoms with Crippen LogP contribution in [-0.4, -0.2) is 29.9 Å². The van der Waals surface area contributed by atoms with E-state index in [1.165, 1.54) is 0 Å². The van der Waals surface area contributed by atoms with E-state index < -0.39 is 0 Å². The number of furan rings is 1. The monoisotopic (exact) mass is 403 g/mol. The number of aryl methyl sites for hydroxylation is 1. The highest BCUT2D eigenvalue weighted by Crippen LogP contribution is 2.33. The number of amides is 1. The van der Waals surface area contributed by atoms with Gasteiger partial charge in [-0.3, -0.25) is 4.79 Å². The second kappa shape index (κ2) is 8.16. The lowest BCUT2D eigenvalue weighted by atomic mass is 10.1. The molecule has 0 unspecified atom stereocenters. The summed E-state index contributed by atoms with van der Waals surface area (Å²) >= 11 is 0. The predicted molar refractivity (Wildman–Crippen MR) is 114 cm³/mol. The number of methoxy groups -OCH3 is 2. The minimum Gasteiger partial charge on any atom is -0.493 e. The van der Waals surface area contributed by atoms with Crippen molar-refractivity contribution in [3.05, 3.63) is 78.2 Å². The van der Waals surface area contributed by atoms with Crippen molar-refractivity contribution in [3.63, 3.8) is 0 Å². The SMILES string of the molecule is COc1cc(C)c(NC(=O)c2cc(-c3ccco3)nn2-c2ccccc2)cc1OC. The summed E-state index contributed by atoms with van der Waals surface area (Å²) in [7, 11) is 3.13. The van der Waals surface area contributed by atoms with Crippen LogP contribution < -0.4 is 14.8 Å². The number of para-hydroxylation sites is 1. The van der Waals surface area contributed by atoms with Gasteiger partial charge in [-0.05, 0) is 42.8 Å². The standard InChI is InChI=1S/C23H21N3O4/c1-15-12-21(28-2)22(29-3)14-17(15)24-23(27)19-13-18(20-10-7-11-30-20)25-26(19)16-8-5-4-6-9-16/h4-14H,1-3H3,(H,24,27). The summed E-state index contributed by atoms with van der Waals surface area (Å²) in [5.74, 6) is 1.41. The molecule has 0 aliphatic rings. The van der Waals surface area contributed by atoms with Crippen LogP contribution in [0, 0.1) is 6.92 Å². The Morgan fingerprint density at radius 3 is 2.40 bits per heavy atom. The van der Waals surface area contributed by atoms with E-state index in [-0.39, 0.29) is 5.91 Å². The zero-order valence-corrected chi connectivity index (χ0v) is 16.9. The highest BCUT2D eigenvalue weighted by atomic mass is 16.5. The van der Waals surface area contributed by atoms with Gasteiger partial charge in [0, 0.05) is 17.8 Å².